The lowest BCUT2D eigenvalue weighted by atomic mass is 10.1. The van der Waals surface area contributed by atoms with E-state index < -0.39 is 5.25 Å². The van der Waals surface area contributed by atoms with Crippen molar-refractivity contribution in [2.75, 3.05) is 11.9 Å². The minimum Gasteiger partial charge on any atom is -0.457 e. The number of carbonyl (C=O) groups is 3. The lowest BCUT2D eigenvalue weighted by Gasteiger charge is -2.13. The fraction of sp³-hybridized carbons (Fsp3) is 0.185. The Kier molecular flexibility index (Phi) is 7.62. The summed E-state index contributed by atoms with van der Waals surface area (Å²) in [7, 11) is 0. The summed E-state index contributed by atoms with van der Waals surface area (Å²) in [4.78, 5) is 43.3. The minimum atomic E-state index is -0.561. The van der Waals surface area contributed by atoms with Crippen molar-refractivity contribution in [3.05, 3.63) is 84.4 Å². The number of benzene rings is 3. The van der Waals surface area contributed by atoms with Crippen molar-refractivity contribution in [1.82, 2.24) is 4.90 Å². The van der Waals surface area contributed by atoms with Crippen molar-refractivity contribution < 1.29 is 19.1 Å². The molecule has 0 saturated carbocycles. The number of ketones is 1. The zero-order chi connectivity index (χ0) is 24.8. The van der Waals surface area contributed by atoms with E-state index in [0.29, 0.717) is 40.1 Å². The Balaban J connectivity index is 1.40. The van der Waals surface area contributed by atoms with Gasteiger partial charge in [-0.25, -0.2) is 4.99 Å². The van der Waals surface area contributed by atoms with Crippen LogP contribution in [0.4, 0.5) is 11.4 Å². The first kappa shape index (κ1) is 24.2. The zero-order valence-corrected chi connectivity index (χ0v) is 20.2. The van der Waals surface area contributed by atoms with Crippen LogP contribution in [-0.2, 0) is 9.59 Å². The topological polar surface area (TPSA) is 88.1 Å². The molecule has 1 fully saturated rings. The Morgan fingerprint density at radius 1 is 1.00 bits per heavy atom. The number of hydrogen-bond acceptors (Lipinski definition) is 6. The first-order chi connectivity index (χ1) is 16.9. The number of aliphatic imine (C=N–C) groups is 1. The number of ether oxygens (including phenoxy) is 1. The van der Waals surface area contributed by atoms with Crippen LogP contribution >= 0.6 is 11.8 Å². The van der Waals surface area contributed by atoms with Crippen LogP contribution in [0.3, 0.4) is 0 Å². The highest BCUT2D eigenvalue weighted by atomic mass is 32.2. The molecule has 1 N–H and O–H groups in total. The van der Waals surface area contributed by atoms with Crippen molar-refractivity contribution >= 4 is 45.9 Å². The summed E-state index contributed by atoms with van der Waals surface area (Å²) in [6.07, 6.45) is 0.0199. The van der Waals surface area contributed by atoms with Gasteiger partial charge in [0.05, 0.1) is 5.69 Å². The molecular formula is C27H25N3O4S. The van der Waals surface area contributed by atoms with Crippen LogP contribution in [0.1, 0.15) is 30.6 Å². The third kappa shape index (κ3) is 6.16. The number of amidine groups is 1. The van der Waals surface area contributed by atoms with Gasteiger partial charge in [-0.3, -0.25) is 19.3 Å². The average Bonchev–Trinajstić information content (AvgIpc) is 3.13. The highest BCUT2D eigenvalue weighted by Crippen LogP contribution is 2.32. The Labute approximate surface area is 208 Å². The molecule has 4 rings (SSSR count). The largest absolute Gasteiger partial charge is 0.457 e. The minimum absolute atomic E-state index is 0.0199. The number of Topliss-reactive ketones (excluding diaryl/α,β-unsaturated/α-hetero) is 1. The van der Waals surface area contributed by atoms with Gasteiger partial charge in [-0.05, 0) is 62.4 Å². The molecule has 0 aromatic heterocycles. The predicted octanol–water partition coefficient (Wildman–Crippen LogP) is 5.66. The fourth-order valence-electron chi connectivity index (χ4n) is 3.54. The average molecular weight is 488 g/mol. The summed E-state index contributed by atoms with van der Waals surface area (Å²) in [6, 6.07) is 23.4. The molecule has 1 unspecified atom stereocenters. The van der Waals surface area contributed by atoms with Crippen LogP contribution in [0.2, 0.25) is 0 Å². The molecule has 1 atom stereocenters. The van der Waals surface area contributed by atoms with E-state index in [9.17, 15) is 14.4 Å². The molecule has 0 spiro atoms. The van der Waals surface area contributed by atoms with E-state index in [1.54, 1.807) is 47.4 Å². The summed E-state index contributed by atoms with van der Waals surface area (Å²) >= 11 is 1.27. The van der Waals surface area contributed by atoms with Gasteiger partial charge in [0.1, 0.15) is 16.7 Å². The van der Waals surface area contributed by atoms with Gasteiger partial charge >= 0.3 is 0 Å². The SMILES string of the molecule is CCN1C(=O)C(CC(=O)Nc2cccc(Oc3ccccc3)c2)SC1=Nc1ccc(C(C)=O)cc1. The number of nitrogens with zero attached hydrogens (tertiary/aromatic N) is 2. The summed E-state index contributed by atoms with van der Waals surface area (Å²) in [5.74, 6) is 0.866. The third-order valence-corrected chi connectivity index (χ3v) is 6.48. The van der Waals surface area contributed by atoms with E-state index in [1.807, 2.05) is 43.3 Å². The van der Waals surface area contributed by atoms with E-state index >= 15 is 0 Å². The van der Waals surface area contributed by atoms with Gasteiger partial charge in [0.15, 0.2) is 11.0 Å². The Hall–Kier alpha value is -3.91. The molecule has 8 heteroatoms. The van der Waals surface area contributed by atoms with E-state index in [1.165, 1.54) is 18.7 Å². The van der Waals surface area contributed by atoms with E-state index in [2.05, 4.69) is 10.3 Å². The zero-order valence-electron chi connectivity index (χ0n) is 19.4. The van der Waals surface area contributed by atoms with Crippen molar-refractivity contribution in [2.45, 2.75) is 25.5 Å². The first-order valence-corrected chi connectivity index (χ1v) is 12.1. The number of anilines is 1. The molecule has 0 bridgehead atoms. The van der Waals surface area contributed by atoms with Crippen LogP contribution in [-0.4, -0.2) is 39.5 Å². The Bertz CT molecular complexity index is 1260. The standard InChI is InChI=1S/C27H25N3O4S/c1-3-30-26(33)24(35-27(30)29-20-14-12-19(13-15-20)18(2)31)17-25(32)28-21-8-7-11-23(16-21)34-22-9-5-4-6-10-22/h4-16,24H,3,17H2,1-2H3,(H,28,32). The number of carbonyl (C=O) groups excluding carboxylic acids is 3. The highest BCUT2D eigenvalue weighted by Gasteiger charge is 2.38. The van der Waals surface area contributed by atoms with Gasteiger partial charge in [0.25, 0.3) is 0 Å². The lowest BCUT2D eigenvalue weighted by Crippen LogP contribution is -2.33. The molecule has 1 aliphatic heterocycles. The molecule has 1 saturated heterocycles. The Morgan fingerprint density at radius 3 is 2.40 bits per heavy atom. The molecule has 2 amide bonds. The highest BCUT2D eigenvalue weighted by molar-refractivity contribution is 8.15. The van der Waals surface area contributed by atoms with Crippen LogP contribution in [0, 0.1) is 0 Å². The van der Waals surface area contributed by atoms with Gasteiger partial charge in [-0.2, -0.15) is 0 Å². The third-order valence-electron chi connectivity index (χ3n) is 5.30. The molecule has 1 aliphatic rings. The second kappa shape index (κ2) is 11.0. The summed E-state index contributed by atoms with van der Waals surface area (Å²) < 4.78 is 5.82. The van der Waals surface area contributed by atoms with Crippen molar-refractivity contribution in [2.24, 2.45) is 4.99 Å². The van der Waals surface area contributed by atoms with Crippen LogP contribution in [0.15, 0.2) is 83.9 Å². The predicted molar refractivity (Wildman–Crippen MR) is 139 cm³/mol. The molecule has 3 aromatic rings. The Morgan fingerprint density at radius 2 is 1.71 bits per heavy atom. The van der Waals surface area contributed by atoms with Crippen molar-refractivity contribution in [3.8, 4) is 11.5 Å². The van der Waals surface area contributed by atoms with Gasteiger partial charge in [0.2, 0.25) is 11.8 Å². The van der Waals surface area contributed by atoms with Crippen LogP contribution in [0.5, 0.6) is 11.5 Å². The number of amides is 2. The number of nitrogens with one attached hydrogen (secondary N) is 1. The molecular weight excluding hydrogens is 462 g/mol. The van der Waals surface area contributed by atoms with Crippen molar-refractivity contribution in [3.63, 3.8) is 0 Å². The number of rotatable bonds is 8. The van der Waals surface area contributed by atoms with Gasteiger partial charge in [-0.1, -0.05) is 36.0 Å². The monoisotopic (exact) mass is 487 g/mol. The van der Waals surface area contributed by atoms with E-state index in [4.69, 9.17) is 4.74 Å². The van der Waals surface area contributed by atoms with E-state index in [0.717, 1.165) is 0 Å². The molecule has 1 heterocycles. The van der Waals surface area contributed by atoms with Gasteiger partial charge < -0.3 is 10.1 Å². The molecule has 0 aliphatic carbocycles. The van der Waals surface area contributed by atoms with Gasteiger partial charge in [-0.15, -0.1) is 0 Å². The lowest BCUT2D eigenvalue weighted by molar-refractivity contribution is -0.128. The van der Waals surface area contributed by atoms with Crippen LogP contribution in [0.25, 0.3) is 0 Å². The molecule has 178 valence electrons. The molecule has 3 aromatic carbocycles. The number of hydrogen-bond donors (Lipinski definition) is 1. The summed E-state index contributed by atoms with van der Waals surface area (Å²) in [6.45, 7) is 3.83. The molecule has 7 nitrogen and oxygen atoms in total. The van der Waals surface area contributed by atoms with Crippen molar-refractivity contribution in [1.29, 1.82) is 0 Å². The first-order valence-electron chi connectivity index (χ1n) is 11.2. The summed E-state index contributed by atoms with van der Waals surface area (Å²) in [5.41, 5.74) is 1.83. The number of thioether (sulfide) groups is 1. The van der Waals surface area contributed by atoms with Gasteiger partial charge in [0, 0.05) is 30.3 Å². The normalized spacial score (nSPS) is 16.4. The maximum absolute atomic E-state index is 12.9. The summed E-state index contributed by atoms with van der Waals surface area (Å²) in [5, 5.41) is 2.84. The van der Waals surface area contributed by atoms with E-state index in [-0.39, 0.29) is 24.0 Å². The maximum atomic E-state index is 12.9. The molecule has 35 heavy (non-hydrogen) atoms. The maximum Gasteiger partial charge on any atom is 0.242 e. The van der Waals surface area contributed by atoms with Crippen LogP contribution < -0.4 is 10.1 Å². The number of para-hydroxylation sites is 1. The molecule has 0 radical (unpaired) electrons. The fourth-order valence-corrected chi connectivity index (χ4v) is 4.76. The second-order valence-corrected chi connectivity index (χ2v) is 9.05. The smallest absolute Gasteiger partial charge is 0.242 e. The quantitative estimate of drug-likeness (QED) is 0.414. The second-order valence-electron chi connectivity index (χ2n) is 7.88.